The molecule has 5 heteroatoms. The van der Waals surface area contributed by atoms with Crippen LogP contribution in [0.5, 0.6) is 0 Å². The van der Waals surface area contributed by atoms with E-state index in [-0.39, 0.29) is 23.6 Å². The lowest BCUT2D eigenvalue weighted by molar-refractivity contribution is 0.0929. The first-order valence-corrected chi connectivity index (χ1v) is 6.21. The second-order valence-electron chi connectivity index (χ2n) is 3.69. The molecule has 1 aromatic rings. The first kappa shape index (κ1) is 14.3. The van der Waals surface area contributed by atoms with Gasteiger partial charge in [-0.2, -0.15) is 0 Å². The van der Waals surface area contributed by atoms with Gasteiger partial charge in [-0.15, -0.1) is 0 Å². The summed E-state index contributed by atoms with van der Waals surface area (Å²) >= 11 is 11.8. The van der Waals surface area contributed by atoms with Gasteiger partial charge in [-0.3, -0.25) is 4.79 Å². The van der Waals surface area contributed by atoms with E-state index in [0.717, 1.165) is 6.42 Å². The lowest BCUT2D eigenvalue weighted by Crippen LogP contribution is -2.35. The number of nitrogens with one attached hydrogen (secondary N) is 1. The van der Waals surface area contributed by atoms with Crippen LogP contribution in [0.4, 0.5) is 0 Å². The van der Waals surface area contributed by atoms with Gasteiger partial charge >= 0.3 is 0 Å². The molecule has 0 aliphatic carbocycles. The Morgan fingerprint density at radius 2 is 2.18 bits per heavy atom. The highest BCUT2D eigenvalue weighted by molar-refractivity contribution is 6.43. The maximum atomic E-state index is 11.9. The molecule has 0 heterocycles. The fourth-order valence-corrected chi connectivity index (χ4v) is 1.86. The molecule has 0 bridgehead atoms. The van der Waals surface area contributed by atoms with Gasteiger partial charge in [0.1, 0.15) is 0 Å². The molecule has 0 aliphatic rings. The summed E-state index contributed by atoms with van der Waals surface area (Å²) in [5.41, 5.74) is 0.357. The van der Waals surface area contributed by atoms with E-state index in [1.807, 2.05) is 6.92 Å². The van der Waals surface area contributed by atoms with Crippen molar-refractivity contribution in [3.8, 4) is 0 Å². The lowest BCUT2D eigenvalue weighted by atomic mass is 10.1. The monoisotopic (exact) mass is 275 g/mol. The van der Waals surface area contributed by atoms with Crippen molar-refractivity contribution in [1.29, 1.82) is 0 Å². The molecule has 0 aromatic heterocycles. The number of carbonyl (C=O) groups is 1. The summed E-state index contributed by atoms with van der Waals surface area (Å²) in [6.07, 6.45) is 1.28. The highest BCUT2D eigenvalue weighted by Gasteiger charge is 2.15. The fraction of sp³-hybridized carbons (Fsp3) is 0.417. The van der Waals surface area contributed by atoms with E-state index in [1.54, 1.807) is 18.2 Å². The maximum Gasteiger partial charge on any atom is 0.253 e. The van der Waals surface area contributed by atoms with E-state index in [4.69, 9.17) is 28.3 Å². The average Bonchev–Trinajstić information content (AvgIpc) is 2.31. The van der Waals surface area contributed by atoms with Gasteiger partial charge in [0.25, 0.3) is 5.91 Å². The molecule has 2 N–H and O–H groups in total. The quantitative estimate of drug-likeness (QED) is 0.868. The molecule has 3 nitrogen and oxygen atoms in total. The van der Waals surface area contributed by atoms with Gasteiger partial charge in [0, 0.05) is 12.6 Å². The van der Waals surface area contributed by atoms with Gasteiger partial charge in [0.2, 0.25) is 0 Å². The number of halogens is 2. The zero-order valence-electron chi connectivity index (χ0n) is 9.54. The minimum atomic E-state index is -0.266. The van der Waals surface area contributed by atoms with Crippen molar-refractivity contribution in [3.05, 3.63) is 33.8 Å². The number of hydrogen-bond acceptors (Lipinski definition) is 2. The molecule has 0 spiro atoms. The van der Waals surface area contributed by atoms with Crippen molar-refractivity contribution in [2.45, 2.75) is 25.8 Å². The SMILES string of the molecule is CCC(CCO)NC(=O)c1cccc(Cl)c1Cl. The number of carbonyl (C=O) groups excluding carboxylic acids is 1. The van der Waals surface area contributed by atoms with Crippen LogP contribution < -0.4 is 5.32 Å². The second kappa shape index (κ2) is 6.84. The van der Waals surface area contributed by atoms with E-state index in [2.05, 4.69) is 5.32 Å². The van der Waals surface area contributed by atoms with Crippen molar-refractivity contribution in [1.82, 2.24) is 5.32 Å². The summed E-state index contributed by atoms with van der Waals surface area (Å²) in [4.78, 5) is 11.9. The van der Waals surface area contributed by atoms with Crippen molar-refractivity contribution < 1.29 is 9.90 Å². The van der Waals surface area contributed by atoms with Crippen LogP contribution in [-0.4, -0.2) is 23.7 Å². The van der Waals surface area contributed by atoms with Crippen molar-refractivity contribution in [3.63, 3.8) is 0 Å². The van der Waals surface area contributed by atoms with E-state index in [1.165, 1.54) is 0 Å². The zero-order valence-corrected chi connectivity index (χ0v) is 11.1. The molecular weight excluding hydrogens is 261 g/mol. The Bertz CT molecular complexity index is 396. The molecule has 1 unspecified atom stereocenters. The molecular formula is C12H15Cl2NO2. The molecule has 1 atom stereocenters. The number of aliphatic hydroxyl groups is 1. The van der Waals surface area contributed by atoms with Crippen LogP contribution in [0.25, 0.3) is 0 Å². The average molecular weight is 276 g/mol. The summed E-state index contributed by atoms with van der Waals surface area (Å²) in [5.74, 6) is -0.266. The molecule has 0 fully saturated rings. The summed E-state index contributed by atoms with van der Waals surface area (Å²) in [6, 6.07) is 4.87. The standard InChI is InChI=1S/C12H15Cl2NO2/c1-2-8(6-7-16)15-12(17)9-4-3-5-10(13)11(9)14/h3-5,8,16H,2,6-7H2,1H3,(H,15,17). The molecule has 94 valence electrons. The smallest absolute Gasteiger partial charge is 0.253 e. The molecule has 0 saturated heterocycles. The Morgan fingerprint density at radius 3 is 2.76 bits per heavy atom. The van der Waals surface area contributed by atoms with Gasteiger partial charge in [0.15, 0.2) is 0 Å². The maximum absolute atomic E-state index is 11.9. The van der Waals surface area contributed by atoms with Gasteiger partial charge in [-0.05, 0) is 25.0 Å². The third-order valence-electron chi connectivity index (χ3n) is 2.50. The third-order valence-corrected chi connectivity index (χ3v) is 3.32. The minimum Gasteiger partial charge on any atom is -0.396 e. The van der Waals surface area contributed by atoms with Crippen molar-refractivity contribution >= 4 is 29.1 Å². The van der Waals surface area contributed by atoms with Gasteiger partial charge in [-0.1, -0.05) is 36.2 Å². The molecule has 0 radical (unpaired) electrons. The summed E-state index contributed by atoms with van der Waals surface area (Å²) < 4.78 is 0. The lowest BCUT2D eigenvalue weighted by Gasteiger charge is -2.16. The first-order valence-electron chi connectivity index (χ1n) is 5.45. The normalized spacial score (nSPS) is 12.2. The molecule has 1 aromatic carbocycles. The van der Waals surface area contributed by atoms with Gasteiger partial charge in [0.05, 0.1) is 15.6 Å². The van der Waals surface area contributed by atoms with Gasteiger partial charge in [-0.25, -0.2) is 0 Å². The van der Waals surface area contributed by atoms with Crippen LogP contribution in [0.15, 0.2) is 18.2 Å². The fourth-order valence-electron chi connectivity index (χ4n) is 1.48. The number of hydrogen-bond donors (Lipinski definition) is 2. The second-order valence-corrected chi connectivity index (χ2v) is 4.48. The van der Waals surface area contributed by atoms with Crippen LogP contribution in [0.3, 0.4) is 0 Å². The highest BCUT2D eigenvalue weighted by atomic mass is 35.5. The van der Waals surface area contributed by atoms with Crippen LogP contribution in [-0.2, 0) is 0 Å². The summed E-state index contributed by atoms with van der Waals surface area (Å²) in [7, 11) is 0. The number of rotatable bonds is 5. The van der Waals surface area contributed by atoms with E-state index >= 15 is 0 Å². The van der Waals surface area contributed by atoms with E-state index in [9.17, 15) is 4.79 Å². The molecule has 1 rings (SSSR count). The van der Waals surface area contributed by atoms with E-state index in [0.29, 0.717) is 17.0 Å². The Hall–Kier alpha value is -0.770. The van der Waals surface area contributed by atoms with Crippen LogP contribution in [0, 0.1) is 0 Å². The minimum absolute atomic E-state index is 0.0437. The third kappa shape index (κ3) is 3.87. The highest BCUT2D eigenvalue weighted by Crippen LogP contribution is 2.25. The molecule has 1 amide bonds. The van der Waals surface area contributed by atoms with Crippen molar-refractivity contribution in [2.24, 2.45) is 0 Å². The molecule has 0 aliphatic heterocycles. The first-order chi connectivity index (χ1) is 8.10. The topological polar surface area (TPSA) is 49.3 Å². The number of benzene rings is 1. The zero-order chi connectivity index (χ0) is 12.8. The Labute approximate surface area is 111 Å². The van der Waals surface area contributed by atoms with Crippen LogP contribution in [0.2, 0.25) is 10.0 Å². The predicted molar refractivity (Wildman–Crippen MR) is 69.7 cm³/mol. The number of amides is 1. The largest absolute Gasteiger partial charge is 0.396 e. The number of aliphatic hydroxyl groups excluding tert-OH is 1. The summed E-state index contributed by atoms with van der Waals surface area (Å²) in [5, 5.41) is 12.3. The van der Waals surface area contributed by atoms with Crippen LogP contribution in [0.1, 0.15) is 30.1 Å². The Morgan fingerprint density at radius 1 is 1.47 bits per heavy atom. The van der Waals surface area contributed by atoms with E-state index < -0.39 is 0 Å². The molecule has 17 heavy (non-hydrogen) atoms. The Balaban J connectivity index is 2.79. The van der Waals surface area contributed by atoms with Crippen LogP contribution >= 0.6 is 23.2 Å². The Kier molecular flexibility index (Phi) is 5.75. The molecule has 0 saturated carbocycles. The predicted octanol–water partition coefficient (Wildman–Crippen LogP) is 2.88. The summed E-state index contributed by atoms with van der Waals surface area (Å²) in [6.45, 7) is 1.99. The van der Waals surface area contributed by atoms with Crippen molar-refractivity contribution in [2.75, 3.05) is 6.61 Å². The van der Waals surface area contributed by atoms with Gasteiger partial charge < -0.3 is 10.4 Å².